The second kappa shape index (κ2) is 6.06. The Balaban J connectivity index is 2.86. The lowest BCUT2D eigenvalue weighted by Crippen LogP contribution is -2.46. The van der Waals surface area contributed by atoms with Gasteiger partial charge in [0.2, 0.25) is 0 Å². The van der Waals surface area contributed by atoms with Gasteiger partial charge in [0.05, 0.1) is 18.3 Å². The van der Waals surface area contributed by atoms with Crippen LogP contribution in [-0.2, 0) is 0 Å². The van der Waals surface area contributed by atoms with Crippen molar-refractivity contribution in [2.75, 3.05) is 12.3 Å². The van der Waals surface area contributed by atoms with Crippen LogP contribution in [0.2, 0.25) is 0 Å². The fourth-order valence-corrected chi connectivity index (χ4v) is 1.95. The molecule has 0 aliphatic rings. The van der Waals surface area contributed by atoms with Crippen LogP contribution in [-0.4, -0.2) is 24.0 Å². The van der Waals surface area contributed by atoms with E-state index in [4.69, 9.17) is 10.5 Å². The number of Topliss-reactive ketones (excluding diaryl/α,β-unsaturated/α-hetero) is 1. The first-order valence-electron chi connectivity index (χ1n) is 6.59. The minimum Gasteiger partial charge on any atom is -0.492 e. The van der Waals surface area contributed by atoms with Gasteiger partial charge in [-0.1, -0.05) is 0 Å². The average Bonchev–Trinajstić information content (AvgIpc) is 2.29. The zero-order chi connectivity index (χ0) is 14.6. The van der Waals surface area contributed by atoms with Crippen LogP contribution in [0.15, 0.2) is 18.2 Å². The number of rotatable bonds is 5. The fourth-order valence-electron chi connectivity index (χ4n) is 1.95. The van der Waals surface area contributed by atoms with Gasteiger partial charge in [0.15, 0.2) is 5.78 Å². The van der Waals surface area contributed by atoms with E-state index in [0.29, 0.717) is 23.6 Å². The molecule has 0 spiro atoms. The van der Waals surface area contributed by atoms with Crippen molar-refractivity contribution in [1.82, 2.24) is 5.32 Å². The summed E-state index contributed by atoms with van der Waals surface area (Å²) < 4.78 is 5.36. The Morgan fingerprint density at radius 1 is 1.42 bits per heavy atom. The molecule has 1 rings (SSSR count). The van der Waals surface area contributed by atoms with Gasteiger partial charge in [-0.05, 0) is 52.8 Å². The third-order valence-corrected chi connectivity index (χ3v) is 2.64. The number of ketones is 1. The molecular weight excluding hydrogens is 240 g/mol. The number of nitrogens with two attached hydrogens (primary N) is 1. The summed E-state index contributed by atoms with van der Waals surface area (Å²) in [5, 5.41) is 3.25. The number of benzene rings is 1. The topological polar surface area (TPSA) is 64.3 Å². The molecule has 106 valence electrons. The lowest BCUT2D eigenvalue weighted by Gasteiger charge is -2.25. The highest BCUT2D eigenvalue weighted by Gasteiger charge is 2.21. The van der Waals surface area contributed by atoms with Gasteiger partial charge in [0.25, 0.3) is 0 Å². The predicted octanol–water partition coefficient (Wildman–Crippen LogP) is 2.63. The van der Waals surface area contributed by atoms with Crippen LogP contribution in [0.3, 0.4) is 0 Å². The van der Waals surface area contributed by atoms with Gasteiger partial charge < -0.3 is 15.8 Å². The normalized spacial score (nSPS) is 13.1. The standard InChI is InChI=1S/C15H24N2O2/c1-6-19-13-8-7-11(9-12(13)16)14(18)10(2)17-15(3,4)5/h7-10,17H,6,16H2,1-5H3. The molecule has 0 heterocycles. The van der Waals surface area contributed by atoms with Crippen LogP contribution in [0.4, 0.5) is 5.69 Å². The highest BCUT2D eigenvalue weighted by Crippen LogP contribution is 2.23. The van der Waals surface area contributed by atoms with Crippen molar-refractivity contribution in [3.05, 3.63) is 23.8 Å². The molecule has 1 aromatic rings. The minimum atomic E-state index is -0.252. The number of hydrogen-bond donors (Lipinski definition) is 2. The summed E-state index contributed by atoms with van der Waals surface area (Å²) in [6, 6.07) is 4.92. The zero-order valence-electron chi connectivity index (χ0n) is 12.4. The third kappa shape index (κ3) is 4.56. The van der Waals surface area contributed by atoms with Crippen molar-refractivity contribution in [3.8, 4) is 5.75 Å². The lowest BCUT2D eigenvalue weighted by atomic mass is 10.0. The van der Waals surface area contributed by atoms with Crippen LogP contribution in [0, 0.1) is 0 Å². The molecule has 0 saturated heterocycles. The Morgan fingerprint density at radius 2 is 2.05 bits per heavy atom. The second-order valence-corrected chi connectivity index (χ2v) is 5.67. The van der Waals surface area contributed by atoms with E-state index in [9.17, 15) is 4.79 Å². The van der Waals surface area contributed by atoms with E-state index in [-0.39, 0.29) is 17.4 Å². The molecule has 0 saturated carbocycles. The molecule has 0 amide bonds. The summed E-state index contributed by atoms with van der Waals surface area (Å²) in [5.41, 5.74) is 6.87. The van der Waals surface area contributed by atoms with Gasteiger partial charge >= 0.3 is 0 Å². The van der Waals surface area contributed by atoms with E-state index in [1.54, 1.807) is 18.2 Å². The van der Waals surface area contributed by atoms with Crippen LogP contribution in [0.1, 0.15) is 45.0 Å². The highest BCUT2D eigenvalue weighted by molar-refractivity contribution is 6.00. The molecule has 0 aromatic heterocycles. The predicted molar refractivity (Wildman–Crippen MR) is 78.7 cm³/mol. The minimum absolute atomic E-state index is 0.0321. The number of nitrogen functional groups attached to an aromatic ring is 1. The first kappa shape index (κ1) is 15.5. The van der Waals surface area contributed by atoms with E-state index in [2.05, 4.69) is 5.32 Å². The number of anilines is 1. The summed E-state index contributed by atoms with van der Waals surface area (Å²) in [6.07, 6.45) is 0. The van der Waals surface area contributed by atoms with E-state index < -0.39 is 0 Å². The first-order chi connectivity index (χ1) is 8.74. The molecule has 19 heavy (non-hydrogen) atoms. The van der Waals surface area contributed by atoms with Crippen molar-refractivity contribution < 1.29 is 9.53 Å². The highest BCUT2D eigenvalue weighted by atomic mass is 16.5. The van der Waals surface area contributed by atoms with Gasteiger partial charge in [-0.15, -0.1) is 0 Å². The maximum atomic E-state index is 12.3. The van der Waals surface area contributed by atoms with Gasteiger partial charge in [-0.2, -0.15) is 0 Å². The molecule has 1 atom stereocenters. The Kier molecular flexibility index (Phi) is 4.95. The van der Waals surface area contributed by atoms with E-state index in [1.807, 2.05) is 34.6 Å². The number of hydrogen-bond acceptors (Lipinski definition) is 4. The van der Waals surface area contributed by atoms with E-state index in [1.165, 1.54) is 0 Å². The average molecular weight is 264 g/mol. The Labute approximate surface area is 115 Å². The van der Waals surface area contributed by atoms with Crippen molar-refractivity contribution >= 4 is 11.5 Å². The number of carbonyl (C=O) groups excluding carboxylic acids is 1. The van der Waals surface area contributed by atoms with Gasteiger partial charge in [-0.25, -0.2) is 0 Å². The number of nitrogens with one attached hydrogen (secondary N) is 1. The molecule has 4 nitrogen and oxygen atoms in total. The molecular formula is C15H24N2O2. The van der Waals surface area contributed by atoms with Gasteiger partial charge in [0.1, 0.15) is 5.75 Å². The molecule has 0 radical (unpaired) electrons. The Hall–Kier alpha value is -1.55. The van der Waals surface area contributed by atoms with Crippen molar-refractivity contribution in [2.45, 2.75) is 46.2 Å². The van der Waals surface area contributed by atoms with Crippen LogP contribution in [0.5, 0.6) is 5.75 Å². The van der Waals surface area contributed by atoms with E-state index >= 15 is 0 Å². The van der Waals surface area contributed by atoms with Crippen LogP contribution >= 0.6 is 0 Å². The van der Waals surface area contributed by atoms with Gasteiger partial charge in [0, 0.05) is 11.1 Å². The molecule has 0 bridgehead atoms. The quantitative estimate of drug-likeness (QED) is 0.634. The Bertz CT molecular complexity index is 450. The smallest absolute Gasteiger partial charge is 0.179 e. The summed E-state index contributed by atoms with van der Waals surface area (Å²) in [5.74, 6) is 0.653. The number of ether oxygens (including phenoxy) is 1. The summed E-state index contributed by atoms with van der Waals surface area (Å²) in [4.78, 5) is 12.3. The molecule has 1 aromatic carbocycles. The molecule has 0 aliphatic heterocycles. The molecule has 4 heteroatoms. The van der Waals surface area contributed by atoms with Crippen LogP contribution < -0.4 is 15.8 Å². The largest absolute Gasteiger partial charge is 0.492 e. The maximum Gasteiger partial charge on any atom is 0.179 e. The monoisotopic (exact) mass is 264 g/mol. The summed E-state index contributed by atoms with van der Waals surface area (Å²) >= 11 is 0. The first-order valence-corrected chi connectivity index (χ1v) is 6.59. The second-order valence-electron chi connectivity index (χ2n) is 5.67. The summed E-state index contributed by atoms with van der Waals surface area (Å²) in [6.45, 7) is 10.4. The van der Waals surface area contributed by atoms with Crippen molar-refractivity contribution in [3.63, 3.8) is 0 Å². The van der Waals surface area contributed by atoms with Crippen LogP contribution in [0.25, 0.3) is 0 Å². The summed E-state index contributed by atoms with van der Waals surface area (Å²) in [7, 11) is 0. The zero-order valence-corrected chi connectivity index (χ0v) is 12.4. The van der Waals surface area contributed by atoms with Crippen molar-refractivity contribution in [2.24, 2.45) is 0 Å². The molecule has 1 unspecified atom stereocenters. The molecule has 0 aliphatic carbocycles. The third-order valence-electron chi connectivity index (χ3n) is 2.64. The molecule has 0 fully saturated rings. The molecule has 3 N–H and O–H groups in total. The van der Waals surface area contributed by atoms with Crippen molar-refractivity contribution in [1.29, 1.82) is 0 Å². The maximum absolute atomic E-state index is 12.3. The SMILES string of the molecule is CCOc1ccc(C(=O)C(C)NC(C)(C)C)cc1N. The fraction of sp³-hybridized carbons (Fsp3) is 0.533. The van der Waals surface area contributed by atoms with Gasteiger partial charge in [-0.3, -0.25) is 4.79 Å². The van der Waals surface area contributed by atoms with E-state index in [0.717, 1.165) is 0 Å². The lowest BCUT2D eigenvalue weighted by molar-refractivity contribution is 0.0936. The number of carbonyl (C=O) groups is 1. The Morgan fingerprint density at radius 3 is 2.53 bits per heavy atom.